The Balaban J connectivity index is 2.16. The van der Waals surface area contributed by atoms with Crippen molar-refractivity contribution in [2.45, 2.75) is 39.7 Å². The summed E-state index contributed by atoms with van der Waals surface area (Å²) >= 11 is 6.23. The predicted molar refractivity (Wildman–Crippen MR) is 74.5 cm³/mol. The van der Waals surface area contributed by atoms with Gasteiger partial charge in [-0.15, -0.1) is 0 Å². The number of halogens is 1. The minimum absolute atomic E-state index is 0.489. The van der Waals surface area contributed by atoms with E-state index in [1.54, 1.807) is 0 Å². The zero-order valence-corrected chi connectivity index (χ0v) is 11.7. The van der Waals surface area contributed by atoms with E-state index in [0.717, 1.165) is 29.0 Å². The summed E-state index contributed by atoms with van der Waals surface area (Å²) in [6.45, 7) is 7.68. The fourth-order valence-corrected chi connectivity index (χ4v) is 2.62. The van der Waals surface area contributed by atoms with Crippen molar-refractivity contribution in [3.05, 3.63) is 34.3 Å². The van der Waals surface area contributed by atoms with Gasteiger partial charge in [-0.1, -0.05) is 37.6 Å². The Bertz CT molecular complexity index is 389. The molecule has 0 aromatic heterocycles. The molecule has 1 N–H and O–H groups in total. The smallest absolute Gasteiger partial charge is 0.0438 e. The maximum absolute atomic E-state index is 6.23. The van der Waals surface area contributed by atoms with E-state index >= 15 is 0 Å². The number of rotatable bonds is 5. The monoisotopic (exact) mass is 251 g/mol. The van der Waals surface area contributed by atoms with Crippen LogP contribution in [0.25, 0.3) is 0 Å². The Morgan fingerprint density at radius 3 is 2.71 bits per heavy atom. The lowest BCUT2D eigenvalue weighted by atomic mass is 10.00. The molecule has 2 rings (SSSR count). The lowest BCUT2D eigenvalue weighted by molar-refractivity contribution is 0.463. The van der Waals surface area contributed by atoms with Gasteiger partial charge in [0.15, 0.2) is 0 Å². The minimum atomic E-state index is 0.489. The van der Waals surface area contributed by atoms with Gasteiger partial charge in [0.1, 0.15) is 0 Å². The normalized spacial score (nSPS) is 24.7. The van der Waals surface area contributed by atoms with Crippen LogP contribution >= 0.6 is 11.6 Å². The molecule has 1 saturated carbocycles. The standard InChI is InChI=1S/C15H22ClN/c1-4-7-17-15(13-8-11(13)3)12-6-5-10(2)14(16)9-12/h5-6,9,11,13,15,17H,4,7-8H2,1-3H3. The van der Waals surface area contributed by atoms with Crippen molar-refractivity contribution >= 4 is 11.6 Å². The van der Waals surface area contributed by atoms with Gasteiger partial charge in [-0.05, 0) is 55.3 Å². The Morgan fingerprint density at radius 2 is 2.18 bits per heavy atom. The molecule has 1 nitrogen and oxygen atoms in total. The van der Waals surface area contributed by atoms with Gasteiger partial charge >= 0.3 is 0 Å². The largest absolute Gasteiger partial charge is 0.310 e. The molecule has 0 bridgehead atoms. The fourth-order valence-electron chi connectivity index (χ4n) is 2.43. The molecule has 0 amide bonds. The van der Waals surface area contributed by atoms with E-state index in [1.807, 2.05) is 0 Å². The van der Waals surface area contributed by atoms with Crippen molar-refractivity contribution < 1.29 is 0 Å². The molecule has 17 heavy (non-hydrogen) atoms. The molecule has 94 valence electrons. The highest BCUT2D eigenvalue weighted by Gasteiger charge is 2.39. The molecule has 3 atom stereocenters. The summed E-state index contributed by atoms with van der Waals surface area (Å²) in [7, 11) is 0. The first-order valence-corrected chi connectivity index (χ1v) is 7.00. The minimum Gasteiger partial charge on any atom is -0.310 e. The molecule has 3 unspecified atom stereocenters. The van der Waals surface area contributed by atoms with E-state index in [9.17, 15) is 0 Å². The van der Waals surface area contributed by atoms with Gasteiger partial charge in [0.05, 0.1) is 0 Å². The lowest BCUT2D eigenvalue weighted by Crippen LogP contribution is -2.24. The van der Waals surface area contributed by atoms with Crippen molar-refractivity contribution in [3.8, 4) is 0 Å². The predicted octanol–water partition coefficient (Wildman–Crippen LogP) is 4.35. The Labute approximate surface area is 110 Å². The topological polar surface area (TPSA) is 12.0 Å². The molecule has 1 aliphatic carbocycles. The average Bonchev–Trinajstić information content (AvgIpc) is 3.01. The van der Waals surface area contributed by atoms with Gasteiger partial charge in [-0.2, -0.15) is 0 Å². The van der Waals surface area contributed by atoms with E-state index in [1.165, 1.54) is 18.4 Å². The highest BCUT2D eigenvalue weighted by atomic mass is 35.5. The number of hydrogen-bond donors (Lipinski definition) is 1. The van der Waals surface area contributed by atoms with Crippen molar-refractivity contribution in [2.24, 2.45) is 11.8 Å². The van der Waals surface area contributed by atoms with Gasteiger partial charge < -0.3 is 5.32 Å². The second-order valence-corrected chi connectivity index (χ2v) is 5.72. The SMILES string of the molecule is CCCNC(c1ccc(C)c(Cl)c1)C1CC1C. The summed E-state index contributed by atoms with van der Waals surface area (Å²) in [5.41, 5.74) is 2.51. The van der Waals surface area contributed by atoms with Gasteiger partial charge in [-0.25, -0.2) is 0 Å². The van der Waals surface area contributed by atoms with Crippen LogP contribution in [0.5, 0.6) is 0 Å². The maximum Gasteiger partial charge on any atom is 0.0438 e. The maximum atomic E-state index is 6.23. The molecule has 0 spiro atoms. The van der Waals surface area contributed by atoms with Crippen LogP contribution in [0.4, 0.5) is 0 Å². The second kappa shape index (κ2) is 5.41. The van der Waals surface area contributed by atoms with Crippen LogP contribution < -0.4 is 5.32 Å². The van der Waals surface area contributed by atoms with Crippen LogP contribution in [-0.2, 0) is 0 Å². The van der Waals surface area contributed by atoms with Crippen LogP contribution in [0.2, 0.25) is 5.02 Å². The summed E-state index contributed by atoms with van der Waals surface area (Å²) in [5.74, 6) is 1.64. The number of benzene rings is 1. The van der Waals surface area contributed by atoms with Crippen LogP contribution in [0.15, 0.2) is 18.2 Å². The highest BCUT2D eigenvalue weighted by molar-refractivity contribution is 6.31. The van der Waals surface area contributed by atoms with E-state index in [-0.39, 0.29) is 0 Å². The number of hydrogen-bond acceptors (Lipinski definition) is 1. The van der Waals surface area contributed by atoms with Crippen molar-refractivity contribution in [1.82, 2.24) is 5.32 Å². The van der Waals surface area contributed by atoms with Gasteiger partial charge in [-0.3, -0.25) is 0 Å². The highest BCUT2D eigenvalue weighted by Crippen LogP contribution is 2.47. The van der Waals surface area contributed by atoms with Crippen LogP contribution in [0.3, 0.4) is 0 Å². The van der Waals surface area contributed by atoms with E-state index in [4.69, 9.17) is 11.6 Å². The molecular formula is C15H22ClN. The van der Waals surface area contributed by atoms with Gasteiger partial charge in [0.2, 0.25) is 0 Å². The van der Waals surface area contributed by atoms with Crippen LogP contribution in [0.1, 0.15) is 43.9 Å². The third-order valence-corrected chi connectivity index (χ3v) is 4.18. The zero-order chi connectivity index (χ0) is 12.4. The van der Waals surface area contributed by atoms with Gasteiger partial charge in [0, 0.05) is 11.1 Å². The Hall–Kier alpha value is -0.530. The first-order chi connectivity index (χ1) is 8.13. The van der Waals surface area contributed by atoms with Crippen LogP contribution in [-0.4, -0.2) is 6.54 Å². The Morgan fingerprint density at radius 1 is 1.47 bits per heavy atom. The summed E-state index contributed by atoms with van der Waals surface area (Å²) in [5, 5.41) is 4.55. The summed E-state index contributed by atoms with van der Waals surface area (Å²) in [6.07, 6.45) is 2.52. The van der Waals surface area contributed by atoms with E-state index in [0.29, 0.717) is 6.04 Å². The second-order valence-electron chi connectivity index (χ2n) is 5.32. The number of aryl methyl sites for hydroxylation is 1. The zero-order valence-electron chi connectivity index (χ0n) is 11.0. The summed E-state index contributed by atoms with van der Waals surface area (Å²) in [4.78, 5) is 0. The molecule has 1 fully saturated rings. The molecule has 0 saturated heterocycles. The molecule has 0 heterocycles. The molecular weight excluding hydrogens is 230 g/mol. The van der Waals surface area contributed by atoms with Crippen molar-refractivity contribution in [3.63, 3.8) is 0 Å². The quantitative estimate of drug-likeness (QED) is 0.821. The van der Waals surface area contributed by atoms with Crippen molar-refractivity contribution in [2.75, 3.05) is 6.54 Å². The summed E-state index contributed by atoms with van der Waals surface area (Å²) in [6, 6.07) is 6.98. The Kier molecular flexibility index (Phi) is 4.11. The van der Waals surface area contributed by atoms with E-state index in [2.05, 4.69) is 44.3 Å². The first kappa shape index (κ1) is 12.9. The molecule has 0 radical (unpaired) electrons. The molecule has 2 heteroatoms. The molecule has 0 aliphatic heterocycles. The average molecular weight is 252 g/mol. The fraction of sp³-hybridized carbons (Fsp3) is 0.600. The molecule has 1 aliphatic rings. The number of nitrogens with one attached hydrogen (secondary N) is 1. The first-order valence-electron chi connectivity index (χ1n) is 6.63. The van der Waals surface area contributed by atoms with Crippen molar-refractivity contribution in [1.29, 1.82) is 0 Å². The third-order valence-electron chi connectivity index (χ3n) is 3.77. The van der Waals surface area contributed by atoms with Crippen LogP contribution in [0, 0.1) is 18.8 Å². The third kappa shape index (κ3) is 3.02. The molecule has 1 aromatic rings. The lowest BCUT2D eigenvalue weighted by Gasteiger charge is -2.19. The van der Waals surface area contributed by atoms with Gasteiger partial charge in [0.25, 0.3) is 0 Å². The molecule has 1 aromatic carbocycles. The summed E-state index contributed by atoms with van der Waals surface area (Å²) < 4.78 is 0. The van der Waals surface area contributed by atoms with E-state index < -0.39 is 0 Å².